The predicted molar refractivity (Wildman–Crippen MR) is 121 cm³/mol. The van der Waals surface area contributed by atoms with Crippen molar-refractivity contribution in [2.24, 2.45) is 0 Å². The predicted octanol–water partition coefficient (Wildman–Crippen LogP) is 5.23. The summed E-state index contributed by atoms with van der Waals surface area (Å²) in [5, 5.41) is 13.5. The zero-order valence-corrected chi connectivity index (χ0v) is 18.3. The molecule has 1 aliphatic rings. The number of para-hydroxylation sites is 2. The molecule has 0 amide bonds. The minimum absolute atomic E-state index is 0.279. The van der Waals surface area contributed by atoms with Gasteiger partial charge in [-0.15, -0.1) is 0 Å². The van der Waals surface area contributed by atoms with Crippen LogP contribution in [0.15, 0.2) is 66.8 Å². The standard InChI is InChI=1S/C22H18Cl2N6O/c1-13-20(22-25-12-27-29(22)17-5-3-4-6-18(17)31-2)21(30-19(28-13)9-10-26-30)14-7-8-15(23)16(24)11-14/h3-12,21,28H,1-2H3/t21-/m1/s1. The van der Waals surface area contributed by atoms with Gasteiger partial charge in [-0.2, -0.15) is 10.2 Å². The molecule has 4 aromatic rings. The number of allylic oxidation sites excluding steroid dienone is 2. The Hall–Kier alpha value is -3.29. The SMILES string of the molecule is COc1ccccc1-n1ncnc1C1=C(C)Nc2ccnn2[C@@H]1c1ccc(Cl)c(Cl)c1. The normalized spacial score (nSPS) is 15.5. The molecular formula is C22H18Cl2N6O. The second-order valence-corrected chi connectivity index (χ2v) is 7.88. The summed E-state index contributed by atoms with van der Waals surface area (Å²) in [5.74, 6) is 2.24. The molecule has 2 aromatic carbocycles. The van der Waals surface area contributed by atoms with Crippen LogP contribution in [0.5, 0.6) is 5.75 Å². The number of ether oxygens (including phenoxy) is 1. The average molecular weight is 453 g/mol. The largest absolute Gasteiger partial charge is 0.494 e. The molecular weight excluding hydrogens is 435 g/mol. The molecule has 7 nitrogen and oxygen atoms in total. The Morgan fingerprint density at radius 2 is 1.87 bits per heavy atom. The smallest absolute Gasteiger partial charge is 0.163 e. The van der Waals surface area contributed by atoms with E-state index in [9.17, 15) is 0 Å². The van der Waals surface area contributed by atoms with E-state index in [4.69, 9.17) is 27.9 Å². The van der Waals surface area contributed by atoms with E-state index >= 15 is 0 Å². The van der Waals surface area contributed by atoms with Crippen LogP contribution >= 0.6 is 23.2 Å². The molecule has 2 aromatic heterocycles. The number of rotatable bonds is 4. The highest BCUT2D eigenvalue weighted by Crippen LogP contribution is 2.42. The molecule has 31 heavy (non-hydrogen) atoms. The number of methoxy groups -OCH3 is 1. The first-order chi connectivity index (χ1) is 15.1. The van der Waals surface area contributed by atoms with E-state index in [1.54, 1.807) is 24.1 Å². The zero-order valence-electron chi connectivity index (χ0n) is 16.8. The van der Waals surface area contributed by atoms with Crippen LogP contribution < -0.4 is 10.1 Å². The van der Waals surface area contributed by atoms with E-state index in [1.807, 2.05) is 54.1 Å². The zero-order chi connectivity index (χ0) is 21.5. The molecule has 156 valence electrons. The third-order valence-electron chi connectivity index (χ3n) is 5.27. The van der Waals surface area contributed by atoms with Gasteiger partial charge in [-0.3, -0.25) is 0 Å². The molecule has 1 atom stereocenters. The van der Waals surface area contributed by atoms with Gasteiger partial charge in [-0.05, 0) is 36.8 Å². The van der Waals surface area contributed by atoms with Gasteiger partial charge in [0.1, 0.15) is 29.6 Å². The van der Waals surface area contributed by atoms with Gasteiger partial charge in [-0.1, -0.05) is 41.4 Å². The first-order valence-electron chi connectivity index (χ1n) is 9.58. The van der Waals surface area contributed by atoms with Crippen LogP contribution in [0.4, 0.5) is 5.82 Å². The fraction of sp³-hybridized carbons (Fsp3) is 0.136. The Labute approximate surface area is 188 Å². The topological polar surface area (TPSA) is 69.8 Å². The number of nitrogens with one attached hydrogen (secondary N) is 1. The van der Waals surface area contributed by atoms with E-state index < -0.39 is 0 Å². The highest BCUT2D eigenvalue weighted by Gasteiger charge is 2.33. The Bertz CT molecular complexity index is 1310. The fourth-order valence-electron chi connectivity index (χ4n) is 3.89. The number of hydrogen-bond acceptors (Lipinski definition) is 5. The molecule has 1 aliphatic heterocycles. The van der Waals surface area contributed by atoms with E-state index in [2.05, 4.69) is 20.5 Å². The number of nitrogens with zero attached hydrogens (tertiary/aromatic N) is 5. The van der Waals surface area contributed by atoms with Crippen molar-refractivity contribution in [2.45, 2.75) is 13.0 Å². The number of anilines is 1. The van der Waals surface area contributed by atoms with Gasteiger partial charge >= 0.3 is 0 Å². The molecule has 1 N–H and O–H groups in total. The lowest BCUT2D eigenvalue weighted by Gasteiger charge is -2.30. The third-order valence-corrected chi connectivity index (χ3v) is 6.01. The number of halogens is 2. The quantitative estimate of drug-likeness (QED) is 0.459. The van der Waals surface area contributed by atoms with Crippen LogP contribution in [0.2, 0.25) is 10.0 Å². The van der Waals surface area contributed by atoms with Crippen molar-refractivity contribution in [1.82, 2.24) is 24.5 Å². The van der Waals surface area contributed by atoms with Gasteiger partial charge in [0.2, 0.25) is 0 Å². The minimum atomic E-state index is -0.279. The Balaban J connectivity index is 1.73. The lowest BCUT2D eigenvalue weighted by molar-refractivity contribution is 0.411. The summed E-state index contributed by atoms with van der Waals surface area (Å²) in [6.45, 7) is 2.01. The fourth-order valence-corrected chi connectivity index (χ4v) is 4.20. The van der Waals surface area contributed by atoms with Gasteiger partial charge in [0, 0.05) is 17.3 Å². The average Bonchev–Trinajstić information content (AvgIpc) is 3.44. The van der Waals surface area contributed by atoms with Crippen LogP contribution in [0.1, 0.15) is 24.4 Å². The first kappa shape index (κ1) is 19.7. The van der Waals surface area contributed by atoms with Crippen molar-refractivity contribution in [3.05, 3.63) is 88.2 Å². The number of hydrogen-bond donors (Lipinski definition) is 1. The molecule has 0 fully saturated rings. The summed E-state index contributed by atoms with van der Waals surface area (Å²) in [5.41, 5.74) is 3.58. The second-order valence-electron chi connectivity index (χ2n) is 7.07. The molecule has 0 saturated heterocycles. The molecule has 5 rings (SSSR count). The van der Waals surface area contributed by atoms with Crippen LogP contribution in [0.25, 0.3) is 11.3 Å². The minimum Gasteiger partial charge on any atom is -0.494 e. The van der Waals surface area contributed by atoms with Crippen molar-refractivity contribution in [1.29, 1.82) is 0 Å². The lowest BCUT2D eigenvalue weighted by Crippen LogP contribution is -2.25. The second kappa shape index (κ2) is 7.76. The van der Waals surface area contributed by atoms with E-state index in [0.717, 1.165) is 28.3 Å². The third kappa shape index (κ3) is 3.26. The number of fused-ring (bicyclic) bond motifs is 1. The van der Waals surface area contributed by atoms with Gasteiger partial charge in [-0.25, -0.2) is 14.3 Å². The van der Waals surface area contributed by atoms with Crippen LogP contribution in [-0.2, 0) is 0 Å². The monoisotopic (exact) mass is 452 g/mol. The number of benzene rings is 2. The van der Waals surface area contributed by atoms with E-state index in [1.165, 1.54) is 6.33 Å². The van der Waals surface area contributed by atoms with E-state index in [0.29, 0.717) is 21.6 Å². The molecule has 0 radical (unpaired) electrons. The lowest BCUT2D eigenvalue weighted by atomic mass is 9.94. The van der Waals surface area contributed by atoms with Crippen molar-refractivity contribution in [2.75, 3.05) is 12.4 Å². The summed E-state index contributed by atoms with van der Waals surface area (Å²) in [6, 6.07) is 14.9. The maximum absolute atomic E-state index is 6.37. The van der Waals surface area contributed by atoms with Crippen molar-refractivity contribution in [3.63, 3.8) is 0 Å². The van der Waals surface area contributed by atoms with Gasteiger partial charge in [0.15, 0.2) is 5.82 Å². The van der Waals surface area contributed by atoms with Crippen molar-refractivity contribution in [3.8, 4) is 11.4 Å². The molecule has 0 unspecified atom stereocenters. The molecule has 0 saturated carbocycles. The summed E-state index contributed by atoms with van der Waals surface area (Å²) in [6.07, 6.45) is 3.29. The van der Waals surface area contributed by atoms with Crippen LogP contribution in [0, 0.1) is 0 Å². The van der Waals surface area contributed by atoms with Gasteiger partial charge in [0.05, 0.1) is 23.4 Å². The Morgan fingerprint density at radius 1 is 1.03 bits per heavy atom. The maximum Gasteiger partial charge on any atom is 0.163 e. The molecule has 9 heteroatoms. The maximum atomic E-state index is 6.37. The van der Waals surface area contributed by atoms with E-state index in [-0.39, 0.29) is 6.04 Å². The summed E-state index contributed by atoms with van der Waals surface area (Å²) < 4.78 is 9.23. The first-order valence-corrected chi connectivity index (χ1v) is 10.3. The summed E-state index contributed by atoms with van der Waals surface area (Å²) >= 11 is 12.5. The highest BCUT2D eigenvalue weighted by molar-refractivity contribution is 6.42. The van der Waals surface area contributed by atoms with Gasteiger partial charge < -0.3 is 10.1 Å². The Kier molecular flexibility index (Phi) is 4.92. The molecule has 0 bridgehead atoms. The van der Waals surface area contributed by atoms with Gasteiger partial charge in [0.25, 0.3) is 0 Å². The number of aromatic nitrogens is 5. The summed E-state index contributed by atoms with van der Waals surface area (Å²) in [4.78, 5) is 4.61. The van der Waals surface area contributed by atoms with Crippen LogP contribution in [-0.4, -0.2) is 31.7 Å². The molecule has 3 heterocycles. The molecule has 0 aliphatic carbocycles. The Morgan fingerprint density at radius 3 is 2.68 bits per heavy atom. The highest BCUT2D eigenvalue weighted by atomic mass is 35.5. The van der Waals surface area contributed by atoms with Crippen molar-refractivity contribution >= 4 is 34.6 Å². The van der Waals surface area contributed by atoms with Crippen LogP contribution in [0.3, 0.4) is 0 Å². The summed E-state index contributed by atoms with van der Waals surface area (Å²) in [7, 11) is 1.64. The molecule has 0 spiro atoms. The van der Waals surface area contributed by atoms with Crippen molar-refractivity contribution < 1.29 is 4.74 Å².